The molecular weight excluding hydrogens is 283 g/mol. The van der Waals surface area contributed by atoms with Gasteiger partial charge in [-0.1, -0.05) is 29.3 Å². The van der Waals surface area contributed by atoms with Crippen LogP contribution in [0.25, 0.3) is 0 Å². The van der Waals surface area contributed by atoms with E-state index in [1.807, 2.05) is 0 Å². The first-order chi connectivity index (χ1) is 9.18. The van der Waals surface area contributed by atoms with Crippen LogP contribution in [0.5, 0.6) is 0 Å². The van der Waals surface area contributed by atoms with Crippen LogP contribution in [0.2, 0.25) is 10.0 Å². The van der Waals surface area contributed by atoms with Crippen molar-refractivity contribution in [3.8, 4) is 0 Å². The Morgan fingerprint density at radius 1 is 1.21 bits per heavy atom. The van der Waals surface area contributed by atoms with Gasteiger partial charge in [0.2, 0.25) is 0 Å². The van der Waals surface area contributed by atoms with E-state index in [2.05, 4.69) is 9.97 Å². The summed E-state index contributed by atoms with van der Waals surface area (Å²) >= 11 is 12.0. The van der Waals surface area contributed by atoms with Gasteiger partial charge in [0.25, 0.3) is 0 Å². The third-order valence-corrected chi connectivity index (χ3v) is 3.97. The van der Waals surface area contributed by atoms with Crippen LogP contribution >= 0.6 is 23.2 Å². The Bertz CT molecular complexity index is 654. The zero-order valence-corrected chi connectivity index (χ0v) is 11.4. The number of rotatable bonds is 3. The molecule has 3 nitrogen and oxygen atoms in total. The van der Waals surface area contributed by atoms with Gasteiger partial charge in [-0.05, 0) is 25.0 Å². The second-order valence-corrected chi connectivity index (χ2v) is 5.31. The summed E-state index contributed by atoms with van der Waals surface area (Å²) in [7, 11) is 0. The third kappa shape index (κ3) is 2.36. The lowest BCUT2D eigenvalue weighted by Gasteiger charge is -2.08. The van der Waals surface area contributed by atoms with Gasteiger partial charge in [-0.3, -0.25) is 4.79 Å². The number of nitrogens with zero attached hydrogens (tertiary/aromatic N) is 2. The van der Waals surface area contributed by atoms with Crippen molar-refractivity contribution in [2.75, 3.05) is 0 Å². The summed E-state index contributed by atoms with van der Waals surface area (Å²) in [5.74, 6) is 0.204. The fraction of sp³-hybridized carbons (Fsp3) is 0.214. The quantitative estimate of drug-likeness (QED) is 0.806. The topological polar surface area (TPSA) is 42.9 Å². The number of halogens is 2. The van der Waals surface area contributed by atoms with Crippen LogP contribution in [0.3, 0.4) is 0 Å². The van der Waals surface area contributed by atoms with Gasteiger partial charge < -0.3 is 0 Å². The van der Waals surface area contributed by atoms with Crippen LogP contribution in [0.4, 0.5) is 0 Å². The van der Waals surface area contributed by atoms with Crippen LogP contribution in [0.1, 0.15) is 40.4 Å². The van der Waals surface area contributed by atoms with Gasteiger partial charge in [0, 0.05) is 17.7 Å². The van der Waals surface area contributed by atoms with Crippen molar-refractivity contribution in [3.63, 3.8) is 0 Å². The fourth-order valence-corrected chi connectivity index (χ4v) is 2.41. The van der Waals surface area contributed by atoms with E-state index in [1.165, 1.54) is 6.33 Å². The Hall–Kier alpha value is -1.45. The highest BCUT2D eigenvalue weighted by Crippen LogP contribution is 2.41. The van der Waals surface area contributed by atoms with Crippen LogP contribution in [-0.2, 0) is 0 Å². The first kappa shape index (κ1) is 12.6. The molecule has 0 amide bonds. The molecule has 1 aliphatic carbocycles. The molecule has 2 aromatic rings. The van der Waals surface area contributed by atoms with E-state index >= 15 is 0 Å². The average molecular weight is 293 g/mol. The highest BCUT2D eigenvalue weighted by Gasteiger charge is 2.30. The maximum atomic E-state index is 12.5. The monoisotopic (exact) mass is 292 g/mol. The number of aromatic nitrogens is 2. The Morgan fingerprint density at radius 2 is 2.00 bits per heavy atom. The third-order valence-electron chi connectivity index (χ3n) is 3.15. The van der Waals surface area contributed by atoms with Gasteiger partial charge >= 0.3 is 0 Å². The summed E-state index contributed by atoms with van der Waals surface area (Å²) in [6, 6.07) is 5.03. The molecule has 0 bridgehead atoms. The summed E-state index contributed by atoms with van der Waals surface area (Å²) in [6.07, 6.45) is 5.17. The summed E-state index contributed by atoms with van der Waals surface area (Å²) in [5.41, 5.74) is 1.73. The van der Waals surface area contributed by atoms with Gasteiger partial charge in [-0.25, -0.2) is 9.97 Å². The lowest BCUT2D eigenvalue weighted by molar-refractivity contribution is 0.103. The van der Waals surface area contributed by atoms with E-state index in [0.29, 0.717) is 22.1 Å². The number of benzene rings is 1. The number of carbonyl (C=O) groups is 1. The number of hydrogen-bond acceptors (Lipinski definition) is 3. The molecule has 1 aromatic heterocycles. The number of hydrogen-bond donors (Lipinski definition) is 0. The van der Waals surface area contributed by atoms with Gasteiger partial charge in [0.1, 0.15) is 6.33 Å². The van der Waals surface area contributed by atoms with E-state index < -0.39 is 0 Å². The molecule has 1 saturated carbocycles. The number of ketones is 1. The molecule has 5 heteroatoms. The van der Waals surface area contributed by atoms with Crippen molar-refractivity contribution < 1.29 is 4.79 Å². The smallest absolute Gasteiger partial charge is 0.197 e. The molecule has 96 valence electrons. The molecule has 19 heavy (non-hydrogen) atoms. The van der Waals surface area contributed by atoms with Crippen molar-refractivity contribution in [3.05, 3.63) is 57.6 Å². The van der Waals surface area contributed by atoms with Crippen LogP contribution < -0.4 is 0 Å². The minimum atomic E-state index is -0.171. The molecule has 1 heterocycles. The number of carbonyl (C=O) groups excluding carboxylic acids is 1. The van der Waals surface area contributed by atoms with E-state index in [-0.39, 0.29) is 10.8 Å². The predicted molar refractivity (Wildman–Crippen MR) is 73.9 cm³/mol. The summed E-state index contributed by atoms with van der Waals surface area (Å²) in [4.78, 5) is 20.7. The van der Waals surface area contributed by atoms with E-state index in [1.54, 1.807) is 24.4 Å². The molecule has 0 radical (unpaired) electrons. The molecule has 1 aliphatic rings. The largest absolute Gasteiger partial charge is 0.288 e. The molecule has 0 spiro atoms. The summed E-state index contributed by atoms with van der Waals surface area (Å²) in [6.45, 7) is 0. The lowest BCUT2D eigenvalue weighted by Crippen LogP contribution is -2.08. The highest BCUT2D eigenvalue weighted by atomic mass is 35.5. The van der Waals surface area contributed by atoms with Gasteiger partial charge in [-0.15, -0.1) is 0 Å². The van der Waals surface area contributed by atoms with Crippen molar-refractivity contribution in [1.82, 2.24) is 9.97 Å². The minimum Gasteiger partial charge on any atom is -0.288 e. The van der Waals surface area contributed by atoms with Crippen molar-refractivity contribution in [1.29, 1.82) is 0 Å². The van der Waals surface area contributed by atoms with Crippen molar-refractivity contribution in [2.45, 2.75) is 18.8 Å². The maximum Gasteiger partial charge on any atom is 0.197 e. The molecule has 0 unspecified atom stereocenters. The van der Waals surface area contributed by atoms with Crippen molar-refractivity contribution >= 4 is 29.0 Å². The molecule has 1 aromatic carbocycles. The lowest BCUT2D eigenvalue weighted by atomic mass is 10.0. The Balaban J connectivity index is 2.07. The van der Waals surface area contributed by atoms with Gasteiger partial charge in [-0.2, -0.15) is 0 Å². The Kier molecular flexibility index (Phi) is 3.25. The van der Waals surface area contributed by atoms with Gasteiger partial charge in [0.05, 0.1) is 21.3 Å². The summed E-state index contributed by atoms with van der Waals surface area (Å²) < 4.78 is 0. The zero-order chi connectivity index (χ0) is 13.4. The molecule has 0 atom stereocenters. The van der Waals surface area contributed by atoms with E-state index in [9.17, 15) is 4.79 Å². The molecule has 0 saturated heterocycles. The highest BCUT2D eigenvalue weighted by molar-refractivity contribution is 6.44. The van der Waals surface area contributed by atoms with E-state index in [4.69, 9.17) is 23.2 Å². The van der Waals surface area contributed by atoms with Gasteiger partial charge in [0.15, 0.2) is 5.78 Å². The molecule has 0 N–H and O–H groups in total. The Morgan fingerprint density at radius 3 is 2.74 bits per heavy atom. The average Bonchev–Trinajstić information content (AvgIpc) is 3.26. The molecule has 1 fully saturated rings. The fourth-order valence-electron chi connectivity index (χ4n) is 2.02. The first-order valence-electron chi connectivity index (χ1n) is 5.97. The normalized spacial score (nSPS) is 14.4. The minimum absolute atomic E-state index is 0.171. The molecule has 3 rings (SSSR count). The SMILES string of the molecule is O=C(c1cncnc1C1CC1)c1cccc(Cl)c1Cl. The first-order valence-corrected chi connectivity index (χ1v) is 6.72. The zero-order valence-electron chi connectivity index (χ0n) is 9.94. The molecular formula is C14H10Cl2N2O. The van der Waals surface area contributed by atoms with E-state index in [0.717, 1.165) is 18.5 Å². The predicted octanol–water partition coefficient (Wildman–Crippen LogP) is 3.89. The van der Waals surface area contributed by atoms with Crippen LogP contribution in [0.15, 0.2) is 30.7 Å². The second kappa shape index (κ2) is 4.91. The summed E-state index contributed by atoms with van der Waals surface area (Å²) in [5, 5.41) is 0.650. The standard InChI is InChI=1S/C14H10Cl2N2O/c15-11-3-1-2-9(12(11)16)14(19)10-6-17-7-18-13(10)8-4-5-8/h1-3,6-8H,4-5H2. The van der Waals surface area contributed by atoms with Crippen LogP contribution in [0, 0.1) is 0 Å². The second-order valence-electron chi connectivity index (χ2n) is 4.53. The maximum absolute atomic E-state index is 12.5. The molecule has 0 aliphatic heterocycles. The van der Waals surface area contributed by atoms with Crippen LogP contribution in [-0.4, -0.2) is 15.8 Å². The van der Waals surface area contributed by atoms with Crippen molar-refractivity contribution in [2.24, 2.45) is 0 Å². The Labute approximate surface area is 120 Å².